The normalized spacial score (nSPS) is 32.6. The van der Waals surface area contributed by atoms with E-state index in [9.17, 15) is 33.0 Å². The average Bonchev–Trinajstić information content (AvgIpc) is 3.14. The van der Waals surface area contributed by atoms with Gasteiger partial charge in [-0.2, -0.15) is 13.2 Å². The second kappa shape index (κ2) is 12.7. The van der Waals surface area contributed by atoms with Crippen molar-refractivity contribution >= 4 is 17.8 Å². The second-order valence-corrected chi connectivity index (χ2v) is 13.8. The average molecular weight is 609 g/mol. The Kier molecular flexibility index (Phi) is 9.30. The minimum Gasteiger partial charge on any atom is -0.508 e. The molecule has 7 rings (SSSR count). The number of nitrogens with zero attached hydrogens (tertiary/aromatic N) is 2. The van der Waals surface area contributed by atoms with Crippen LogP contribution in [0.2, 0.25) is 0 Å². The minimum atomic E-state index is -5.08. The summed E-state index contributed by atoms with van der Waals surface area (Å²) in [5.41, 5.74) is 1.52. The van der Waals surface area contributed by atoms with Gasteiger partial charge in [0, 0.05) is 38.1 Å². The minimum absolute atomic E-state index is 0.0372. The van der Waals surface area contributed by atoms with Gasteiger partial charge in [0.25, 0.3) is 0 Å². The maximum atomic E-state index is 13.3. The molecule has 2 saturated heterocycles. The van der Waals surface area contributed by atoms with Crippen LogP contribution >= 0.6 is 0 Å². The fourth-order valence-electron chi connectivity index (χ4n) is 9.48. The zero-order valence-electron chi connectivity index (χ0n) is 24.5. The molecule has 0 radical (unpaired) electrons. The van der Waals surface area contributed by atoms with Crippen molar-refractivity contribution in [3.05, 3.63) is 29.8 Å². The van der Waals surface area contributed by atoms with Crippen molar-refractivity contribution < 1.29 is 42.9 Å². The maximum absolute atomic E-state index is 13.3. The first-order chi connectivity index (χ1) is 20.3. The molecular formula is C32H43F3N2O6. The lowest BCUT2D eigenvalue weighted by atomic mass is 9.49. The Morgan fingerprint density at radius 1 is 0.907 bits per heavy atom. The quantitative estimate of drug-likeness (QED) is 0.332. The highest BCUT2D eigenvalue weighted by atomic mass is 19.4. The number of halogens is 3. The highest BCUT2D eigenvalue weighted by molar-refractivity contribution is 5.80. The molecule has 4 aliphatic carbocycles. The van der Waals surface area contributed by atoms with Gasteiger partial charge in [-0.15, -0.1) is 0 Å². The van der Waals surface area contributed by atoms with Crippen molar-refractivity contribution in [2.75, 3.05) is 19.6 Å². The number of benzene rings is 1. The van der Waals surface area contributed by atoms with Crippen LogP contribution in [-0.4, -0.2) is 80.9 Å². The summed E-state index contributed by atoms with van der Waals surface area (Å²) in [6.45, 7) is 2.46. The Bertz CT molecular complexity index is 1140. The number of phenolic OH excluding ortho intramolecular Hbond substituents is 1. The van der Waals surface area contributed by atoms with Gasteiger partial charge in [0.05, 0.1) is 6.42 Å². The number of carboxylic acids is 2. The summed E-state index contributed by atoms with van der Waals surface area (Å²) >= 11 is 0. The largest absolute Gasteiger partial charge is 0.508 e. The number of aromatic hydroxyl groups is 1. The molecule has 8 nitrogen and oxygen atoms in total. The molecule has 0 aromatic heterocycles. The first kappa shape index (κ1) is 31.6. The number of fused-ring (bicyclic) bond motifs is 2. The second-order valence-electron chi connectivity index (χ2n) is 13.8. The summed E-state index contributed by atoms with van der Waals surface area (Å²) in [5, 5.41) is 26.3. The van der Waals surface area contributed by atoms with Crippen LogP contribution in [0, 0.1) is 23.2 Å². The SMILES string of the molecule is O=C(O)C(F)(F)F.O=C(O)CCC(=O)N(CCN1[C@@H]2CC[C@H]1CC(c1cccc(O)c1)C2)CC12CC3CC(CC(C3)C1)C2. The van der Waals surface area contributed by atoms with Crippen LogP contribution in [-0.2, 0) is 14.4 Å². The number of alkyl halides is 3. The van der Waals surface area contributed by atoms with Crippen LogP contribution in [0.3, 0.4) is 0 Å². The van der Waals surface area contributed by atoms with Crippen molar-refractivity contribution in [2.24, 2.45) is 23.2 Å². The molecule has 4 saturated carbocycles. The molecule has 3 N–H and O–H groups in total. The van der Waals surface area contributed by atoms with E-state index >= 15 is 0 Å². The van der Waals surface area contributed by atoms with Gasteiger partial charge in [-0.1, -0.05) is 12.1 Å². The van der Waals surface area contributed by atoms with Crippen LogP contribution < -0.4 is 0 Å². The Morgan fingerprint density at radius 3 is 1.95 bits per heavy atom. The van der Waals surface area contributed by atoms with Crippen molar-refractivity contribution in [1.29, 1.82) is 0 Å². The number of rotatable bonds is 9. The van der Waals surface area contributed by atoms with E-state index in [1.165, 1.54) is 56.9 Å². The standard InChI is InChI=1S/C30H42N2O4.C2HF3O2/c33-27-3-1-2-23(15-27)24-13-25-4-5-26(14-24)32(25)9-8-31(28(34)6-7-29(35)36)19-30-16-20-10-21(17-30)12-22(11-20)18-30;3-2(4,5)1(6)7/h1-3,15,20-22,24-26,33H,4-14,16-19H2,(H,35,36);(H,6,7)/t20?,21?,22?,24?,25-,26+,30?;. The van der Waals surface area contributed by atoms with Crippen LogP contribution in [0.5, 0.6) is 5.75 Å². The smallest absolute Gasteiger partial charge is 0.490 e. The topological polar surface area (TPSA) is 118 Å². The molecule has 6 aliphatic rings. The fraction of sp³-hybridized carbons (Fsp3) is 0.719. The zero-order valence-corrected chi connectivity index (χ0v) is 24.5. The third-order valence-corrected chi connectivity index (χ3v) is 10.7. The number of carbonyl (C=O) groups is 3. The summed E-state index contributed by atoms with van der Waals surface area (Å²) in [4.78, 5) is 38.1. The highest BCUT2D eigenvalue weighted by Gasteiger charge is 2.52. The number of carboxylic acid groups (broad SMARTS) is 2. The van der Waals surface area contributed by atoms with E-state index in [-0.39, 0.29) is 24.2 Å². The molecule has 2 heterocycles. The Balaban J connectivity index is 0.000000472. The lowest BCUT2D eigenvalue weighted by Gasteiger charge is -2.58. The number of hydrogen-bond acceptors (Lipinski definition) is 5. The molecule has 238 valence electrons. The Labute approximate surface area is 250 Å². The number of hydrogen-bond donors (Lipinski definition) is 3. The van der Waals surface area contributed by atoms with Crippen LogP contribution in [0.15, 0.2) is 24.3 Å². The molecule has 6 fully saturated rings. The highest BCUT2D eigenvalue weighted by Crippen LogP contribution is 2.60. The van der Waals surface area contributed by atoms with E-state index in [0.717, 1.165) is 50.2 Å². The monoisotopic (exact) mass is 608 g/mol. The summed E-state index contributed by atoms with van der Waals surface area (Å²) < 4.78 is 31.7. The molecule has 1 amide bonds. The molecular weight excluding hydrogens is 565 g/mol. The summed E-state index contributed by atoms with van der Waals surface area (Å²) in [5.74, 6) is -0.222. The van der Waals surface area contributed by atoms with E-state index in [1.54, 1.807) is 6.07 Å². The van der Waals surface area contributed by atoms with Crippen molar-refractivity contribution in [3.63, 3.8) is 0 Å². The molecule has 1 aromatic carbocycles. The maximum Gasteiger partial charge on any atom is 0.490 e. The lowest BCUT2D eigenvalue weighted by Crippen LogP contribution is -2.54. The molecule has 3 atom stereocenters. The van der Waals surface area contributed by atoms with Gasteiger partial charge >= 0.3 is 18.1 Å². The Morgan fingerprint density at radius 2 is 1.47 bits per heavy atom. The fourth-order valence-corrected chi connectivity index (χ4v) is 9.48. The molecule has 1 aromatic rings. The Hall–Kier alpha value is -2.82. The lowest BCUT2D eigenvalue weighted by molar-refractivity contribution is -0.192. The number of amides is 1. The number of carbonyl (C=O) groups excluding carboxylic acids is 1. The van der Waals surface area contributed by atoms with Crippen LogP contribution in [0.4, 0.5) is 13.2 Å². The molecule has 6 bridgehead atoms. The predicted octanol–water partition coefficient (Wildman–Crippen LogP) is 5.65. The first-order valence-electron chi connectivity index (χ1n) is 15.6. The molecule has 0 spiro atoms. The summed E-state index contributed by atoms with van der Waals surface area (Å²) in [6.07, 6.45) is 7.59. The van der Waals surface area contributed by atoms with Gasteiger partial charge in [0.15, 0.2) is 0 Å². The number of piperidine rings is 1. The molecule has 1 unspecified atom stereocenters. The van der Waals surface area contributed by atoms with E-state index in [1.807, 2.05) is 12.1 Å². The molecule has 11 heteroatoms. The van der Waals surface area contributed by atoms with E-state index < -0.39 is 18.1 Å². The van der Waals surface area contributed by atoms with Gasteiger partial charge in [0.1, 0.15) is 5.75 Å². The van der Waals surface area contributed by atoms with Gasteiger partial charge in [0.2, 0.25) is 5.91 Å². The number of aliphatic carboxylic acids is 2. The van der Waals surface area contributed by atoms with Crippen LogP contribution in [0.1, 0.15) is 88.5 Å². The van der Waals surface area contributed by atoms with Crippen molar-refractivity contribution in [3.8, 4) is 5.75 Å². The molecule has 2 aliphatic heterocycles. The first-order valence-corrected chi connectivity index (χ1v) is 15.6. The van der Waals surface area contributed by atoms with E-state index in [2.05, 4.69) is 15.9 Å². The number of phenols is 1. The third-order valence-electron chi connectivity index (χ3n) is 10.7. The summed E-state index contributed by atoms with van der Waals surface area (Å²) in [6, 6.07) is 8.83. The molecule has 43 heavy (non-hydrogen) atoms. The van der Waals surface area contributed by atoms with Gasteiger partial charge in [-0.05, 0) is 111 Å². The van der Waals surface area contributed by atoms with Crippen molar-refractivity contribution in [2.45, 2.75) is 101 Å². The van der Waals surface area contributed by atoms with Crippen molar-refractivity contribution in [1.82, 2.24) is 9.80 Å². The van der Waals surface area contributed by atoms with Crippen LogP contribution in [0.25, 0.3) is 0 Å². The van der Waals surface area contributed by atoms with E-state index in [0.29, 0.717) is 23.8 Å². The third kappa shape index (κ3) is 7.64. The van der Waals surface area contributed by atoms with Gasteiger partial charge in [-0.25, -0.2) is 4.79 Å². The van der Waals surface area contributed by atoms with E-state index in [4.69, 9.17) is 9.90 Å². The summed E-state index contributed by atoms with van der Waals surface area (Å²) in [7, 11) is 0. The predicted molar refractivity (Wildman–Crippen MR) is 151 cm³/mol. The van der Waals surface area contributed by atoms with Gasteiger partial charge in [-0.3, -0.25) is 14.5 Å². The van der Waals surface area contributed by atoms with Gasteiger partial charge < -0.3 is 20.2 Å². The zero-order chi connectivity index (χ0) is 30.9.